The van der Waals surface area contributed by atoms with E-state index in [-0.39, 0.29) is 5.60 Å². The molecule has 0 saturated carbocycles. The highest BCUT2D eigenvalue weighted by molar-refractivity contribution is 5.36. The van der Waals surface area contributed by atoms with E-state index in [9.17, 15) is 0 Å². The third kappa shape index (κ3) is 2.56. The molecule has 16 heavy (non-hydrogen) atoms. The molecule has 1 aliphatic heterocycles. The van der Waals surface area contributed by atoms with Gasteiger partial charge in [0.05, 0.1) is 6.61 Å². The van der Waals surface area contributed by atoms with Crippen molar-refractivity contribution in [2.75, 3.05) is 13.2 Å². The monoisotopic (exact) mass is 220 g/mol. The van der Waals surface area contributed by atoms with Crippen LogP contribution in [0.1, 0.15) is 38.7 Å². The molecule has 0 spiro atoms. The summed E-state index contributed by atoms with van der Waals surface area (Å²) in [5.74, 6) is 1.55. The second kappa shape index (κ2) is 4.46. The van der Waals surface area contributed by atoms with E-state index in [0.29, 0.717) is 12.5 Å². The van der Waals surface area contributed by atoms with Crippen LogP contribution < -0.4 is 4.74 Å². The van der Waals surface area contributed by atoms with Crippen LogP contribution in [-0.4, -0.2) is 18.8 Å². The van der Waals surface area contributed by atoms with E-state index in [1.165, 1.54) is 5.56 Å². The molecule has 1 heterocycles. The van der Waals surface area contributed by atoms with Gasteiger partial charge >= 0.3 is 0 Å². The van der Waals surface area contributed by atoms with Gasteiger partial charge in [-0.05, 0) is 30.9 Å². The van der Waals surface area contributed by atoms with Crippen molar-refractivity contribution < 1.29 is 9.47 Å². The standard InChI is InChI=1S/C14H20O2/c1-4-11(2)12-7-5-6-8-13(12)15-9-14(3)10-16-14/h5-8,11H,4,9-10H2,1-3H3. The number of hydrogen-bond acceptors (Lipinski definition) is 2. The SMILES string of the molecule is CCC(C)c1ccccc1OCC1(C)CO1. The van der Waals surface area contributed by atoms with Gasteiger partial charge in [-0.25, -0.2) is 0 Å². The Morgan fingerprint density at radius 3 is 2.75 bits per heavy atom. The molecule has 1 aliphatic rings. The minimum atomic E-state index is -0.0391. The minimum Gasteiger partial charge on any atom is -0.490 e. The highest BCUT2D eigenvalue weighted by Crippen LogP contribution is 2.31. The summed E-state index contributed by atoms with van der Waals surface area (Å²) in [6, 6.07) is 8.30. The molecule has 1 aromatic rings. The summed E-state index contributed by atoms with van der Waals surface area (Å²) in [6.45, 7) is 7.99. The lowest BCUT2D eigenvalue weighted by Gasteiger charge is -2.16. The second-order valence-corrected chi connectivity index (χ2v) is 4.87. The van der Waals surface area contributed by atoms with Crippen LogP contribution in [0.15, 0.2) is 24.3 Å². The first-order valence-electron chi connectivity index (χ1n) is 6.00. The molecule has 1 aromatic carbocycles. The number of ether oxygens (including phenoxy) is 2. The van der Waals surface area contributed by atoms with Crippen LogP contribution in [0.25, 0.3) is 0 Å². The van der Waals surface area contributed by atoms with E-state index in [1.807, 2.05) is 12.1 Å². The van der Waals surface area contributed by atoms with Crippen molar-refractivity contribution in [1.82, 2.24) is 0 Å². The predicted molar refractivity (Wildman–Crippen MR) is 65.0 cm³/mol. The van der Waals surface area contributed by atoms with Crippen LogP contribution >= 0.6 is 0 Å². The van der Waals surface area contributed by atoms with Crippen molar-refractivity contribution in [3.05, 3.63) is 29.8 Å². The van der Waals surface area contributed by atoms with Gasteiger partial charge in [0, 0.05) is 0 Å². The van der Waals surface area contributed by atoms with Gasteiger partial charge in [-0.2, -0.15) is 0 Å². The Balaban J connectivity index is 2.06. The summed E-state index contributed by atoms with van der Waals surface area (Å²) in [7, 11) is 0. The number of rotatable bonds is 5. The van der Waals surface area contributed by atoms with Crippen molar-refractivity contribution in [2.45, 2.75) is 38.7 Å². The molecule has 0 bridgehead atoms. The fourth-order valence-corrected chi connectivity index (χ4v) is 1.68. The molecule has 0 aromatic heterocycles. The summed E-state index contributed by atoms with van der Waals surface area (Å²) < 4.78 is 11.2. The molecule has 0 aliphatic carbocycles. The molecule has 2 nitrogen and oxygen atoms in total. The number of para-hydroxylation sites is 1. The first kappa shape index (κ1) is 11.5. The molecule has 1 fully saturated rings. The van der Waals surface area contributed by atoms with Gasteiger partial charge in [0.15, 0.2) is 0 Å². The molecule has 0 radical (unpaired) electrons. The van der Waals surface area contributed by atoms with Crippen molar-refractivity contribution in [2.24, 2.45) is 0 Å². The van der Waals surface area contributed by atoms with Gasteiger partial charge in [-0.3, -0.25) is 0 Å². The number of epoxide rings is 1. The molecular formula is C14H20O2. The first-order chi connectivity index (χ1) is 7.64. The van der Waals surface area contributed by atoms with Gasteiger partial charge in [0.1, 0.15) is 18.0 Å². The second-order valence-electron chi connectivity index (χ2n) is 4.87. The van der Waals surface area contributed by atoms with Gasteiger partial charge in [0.2, 0.25) is 0 Å². The van der Waals surface area contributed by atoms with Crippen molar-refractivity contribution in [3.8, 4) is 5.75 Å². The van der Waals surface area contributed by atoms with Crippen LogP contribution in [0.5, 0.6) is 5.75 Å². The van der Waals surface area contributed by atoms with Gasteiger partial charge in [0.25, 0.3) is 0 Å². The van der Waals surface area contributed by atoms with Crippen LogP contribution in [-0.2, 0) is 4.74 Å². The van der Waals surface area contributed by atoms with Crippen LogP contribution in [0.3, 0.4) is 0 Å². The smallest absolute Gasteiger partial charge is 0.123 e. The van der Waals surface area contributed by atoms with E-state index in [0.717, 1.165) is 18.8 Å². The van der Waals surface area contributed by atoms with E-state index in [4.69, 9.17) is 9.47 Å². The fourth-order valence-electron chi connectivity index (χ4n) is 1.68. The van der Waals surface area contributed by atoms with E-state index in [2.05, 4.69) is 32.9 Å². The Morgan fingerprint density at radius 2 is 2.12 bits per heavy atom. The molecule has 1 saturated heterocycles. The average Bonchev–Trinajstić information content (AvgIpc) is 3.05. The van der Waals surface area contributed by atoms with Gasteiger partial charge in [-0.15, -0.1) is 0 Å². The lowest BCUT2D eigenvalue weighted by Crippen LogP contribution is -2.17. The summed E-state index contributed by atoms with van der Waals surface area (Å²) in [5.41, 5.74) is 1.26. The molecular weight excluding hydrogens is 200 g/mol. The maximum Gasteiger partial charge on any atom is 0.123 e. The van der Waals surface area contributed by atoms with Crippen molar-refractivity contribution in [3.63, 3.8) is 0 Å². The molecule has 2 heteroatoms. The molecule has 2 atom stereocenters. The Kier molecular flexibility index (Phi) is 3.20. The topological polar surface area (TPSA) is 21.8 Å². The summed E-state index contributed by atoms with van der Waals surface area (Å²) in [4.78, 5) is 0. The van der Waals surface area contributed by atoms with E-state index in [1.54, 1.807) is 0 Å². The maximum absolute atomic E-state index is 5.86. The maximum atomic E-state index is 5.86. The van der Waals surface area contributed by atoms with Crippen LogP contribution in [0.4, 0.5) is 0 Å². The van der Waals surface area contributed by atoms with Crippen molar-refractivity contribution in [1.29, 1.82) is 0 Å². The molecule has 0 amide bonds. The highest BCUT2D eigenvalue weighted by Gasteiger charge is 2.40. The lowest BCUT2D eigenvalue weighted by molar-refractivity contribution is 0.200. The fraction of sp³-hybridized carbons (Fsp3) is 0.571. The van der Waals surface area contributed by atoms with E-state index >= 15 is 0 Å². The van der Waals surface area contributed by atoms with Crippen LogP contribution in [0, 0.1) is 0 Å². The lowest BCUT2D eigenvalue weighted by atomic mass is 9.98. The summed E-state index contributed by atoms with van der Waals surface area (Å²) in [6.07, 6.45) is 1.13. The molecule has 2 rings (SSSR count). The zero-order valence-electron chi connectivity index (χ0n) is 10.3. The Labute approximate surface area is 97.6 Å². The Hall–Kier alpha value is -1.02. The normalized spacial score (nSPS) is 25.2. The number of benzene rings is 1. The van der Waals surface area contributed by atoms with Crippen LogP contribution in [0.2, 0.25) is 0 Å². The Bertz CT molecular complexity index is 356. The summed E-state index contributed by atoms with van der Waals surface area (Å²) >= 11 is 0. The van der Waals surface area contributed by atoms with Gasteiger partial charge in [-0.1, -0.05) is 32.0 Å². The van der Waals surface area contributed by atoms with E-state index < -0.39 is 0 Å². The first-order valence-corrected chi connectivity index (χ1v) is 6.00. The number of hydrogen-bond donors (Lipinski definition) is 0. The predicted octanol–water partition coefficient (Wildman–Crippen LogP) is 3.37. The average molecular weight is 220 g/mol. The highest BCUT2D eigenvalue weighted by atomic mass is 16.6. The van der Waals surface area contributed by atoms with Crippen molar-refractivity contribution >= 4 is 0 Å². The zero-order chi connectivity index (χ0) is 11.6. The molecule has 0 N–H and O–H groups in total. The minimum absolute atomic E-state index is 0.0391. The Morgan fingerprint density at radius 1 is 1.44 bits per heavy atom. The summed E-state index contributed by atoms with van der Waals surface area (Å²) in [5, 5.41) is 0. The third-order valence-electron chi connectivity index (χ3n) is 3.23. The molecule has 88 valence electrons. The zero-order valence-corrected chi connectivity index (χ0v) is 10.3. The molecule has 2 unspecified atom stereocenters. The largest absolute Gasteiger partial charge is 0.490 e. The quantitative estimate of drug-likeness (QED) is 0.710. The third-order valence-corrected chi connectivity index (χ3v) is 3.23. The van der Waals surface area contributed by atoms with Gasteiger partial charge < -0.3 is 9.47 Å².